The van der Waals surface area contributed by atoms with E-state index in [0.29, 0.717) is 11.3 Å². The molecule has 0 saturated carbocycles. The first-order valence-electron chi connectivity index (χ1n) is 10.3. The van der Waals surface area contributed by atoms with E-state index in [1.165, 1.54) is 31.9 Å². The minimum atomic E-state index is -3.70. The number of rotatable bonds is 9. The SMILES string of the molecule is CNS(=O)(=O)c1cc(/C=C/C(=O)Nc2ccc(NC(C)c3ccccc3)cc2)ccc1OC. The van der Waals surface area contributed by atoms with Gasteiger partial charge in [0.2, 0.25) is 15.9 Å². The predicted molar refractivity (Wildman–Crippen MR) is 132 cm³/mol. The Morgan fingerprint density at radius 2 is 1.64 bits per heavy atom. The molecular weight excluding hydrogens is 438 g/mol. The number of methoxy groups -OCH3 is 1. The van der Waals surface area contributed by atoms with Gasteiger partial charge < -0.3 is 15.4 Å². The van der Waals surface area contributed by atoms with Crippen LogP contribution in [0.25, 0.3) is 6.08 Å². The molecule has 0 aromatic heterocycles. The monoisotopic (exact) mass is 465 g/mol. The number of amides is 1. The minimum absolute atomic E-state index is 0.00266. The Morgan fingerprint density at radius 3 is 2.27 bits per heavy atom. The third kappa shape index (κ3) is 6.44. The van der Waals surface area contributed by atoms with Gasteiger partial charge in [-0.05, 0) is 67.6 Å². The first kappa shape index (κ1) is 24.0. The van der Waals surface area contributed by atoms with Gasteiger partial charge in [0.25, 0.3) is 0 Å². The standard InChI is InChI=1S/C25H27N3O4S/c1-18(20-7-5-4-6-8-20)27-21-11-13-22(14-12-21)28-25(29)16-10-19-9-15-23(32-3)24(17-19)33(30,31)26-2/h4-18,26-27H,1-3H3,(H,28,29)/b16-10+. The predicted octanol–water partition coefficient (Wildman–Crippen LogP) is 4.43. The molecule has 8 heteroatoms. The van der Waals surface area contributed by atoms with E-state index in [1.54, 1.807) is 18.2 Å². The van der Waals surface area contributed by atoms with Gasteiger partial charge in [-0.15, -0.1) is 0 Å². The van der Waals surface area contributed by atoms with E-state index in [-0.39, 0.29) is 22.6 Å². The van der Waals surface area contributed by atoms with Gasteiger partial charge in [-0.3, -0.25) is 4.79 Å². The second kappa shape index (κ2) is 10.8. The molecule has 1 atom stereocenters. The number of carbonyl (C=O) groups is 1. The Labute approximate surface area is 194 Å². The maximum absolute atomic E-state index is 12.3. The van der Waals surface area contributed by atoms with Gasteiger partial charge in [0.05, 0.1) is 7.11 Å². The van der Waals surface area contributed by atoms with Gasteiger partial charge in [0.15, 0.2) is 0 Å². The number of nitrogens with one attached hydrogen (secondary N) is 3. The molecule has 7 nitrogen and oxygen atoms in total. The maximum atomic E-state index is 12.3. The fourth-order valence-corrected chi connectivity index (χ4v) is 4.12. The molecule has 0 radical (unpaired) electrons. The molecule has 0 aliphatic carbocycles. The van der Waals surface area contributed by atoms with Crippen LogP contribution in [0.5, 0.6) is 5.75 Å². The highest BCUT2D eigenvalue weighted by Crippen LogP contribution is 2.25. The summed E-state index contributed by atoms with van der Waals surface area (Å²) in [6.07, 6.45) is 2.89. The van der Waals surface area contributed by atoms with Crippen molar-refractivity contribution in [3.63, 3.8) is 0 Å². The van der Waals surface area contributed by atoms with E-state index in [9.17, 15) is 13.2 Å². The maximum Gasteiger partial charge on any atom is 0.248 e. The normalized spacial score (nSPS) is 12.3. The largest absolute Gasteiger partial charge is 0.495 e. The van der Waals surface area contributed by atoms with Crippen LogP contribution in [0, 0.1) is 0 Å². The molecule has 3 N–H and O–H groups in total. The lowest BCUT2D eigenvalue weighted by molar-refractivity contribution is -0.111. The third-order valence-corrected chi connectivity index (χ3v) is 6.44. The number of benzene rings is 3. The zero-order valence-corrected chi connectivity index (χ0v) is 19.5. The summed E-state index contributed by atoms with van der Waals surface area (Å²) in [5, 5.41) is 6.22. The zero-order valence-electron chi connectivity index (χ0n) is 18.7. The average Bonchev–Trinajstić information content (AvgIpc) is 2.84. The molecule has 0 fully saturated rings. The molecule has 172 valence electrons. The molecule has 3 rings (SSSR count). The highest BCUT2D eigenvalue weighted by atomic mass is 32.2. The Kier molecular flexibility index (Phi) is 7.87. The lowest BCUT2D eigenvalue weighted by Gasteiger charge is -2.16. The van der Waals surface area contributed by atoms with Gasteiger partial charge in [-0.2, -0.15) is 0 Å². The Balaban J connectivity index is 1.63. The highest BCUT2D eigenvalue weighted by molar-refractivity contribution is 7.89. The molecule has 0 bridgehead atoms. The molecule has 3 aromatic carbocycles. The minimum Gasteiger partial charge on any atom is -0.495 e. The van der Waals surface area contributed by atoms with Crippen LogP contribution in [0.4, 0.5) is 11.4 Å². The Bertz CT molecular complexity index is 1220. The van der Waals surface area contributed by atoms with E-state index in [4.69, 9.17) is 4.74 Å². The van der Waals surface area contributed by atoms with Crippen LogP contribution in [-0.2, 0) is 14.8 Å². The number of hydrogen-bond acceptors (Lipinski definition) is 5. The van der Waals surface area contributed by atoms with Crippen LogP contribution in [0.2, 0.25) is 0 Å². The molecule has 33 heavy (non-hydrogen) atoms. The lowest BCUT2D eigenvalue weighted by atomic mass is 10.1. The lowest BCUT2D eigenvalue weighted by Crippen LogP contribution is -2.19. The van der Waals surface area contributed by atoms with Crippen LogP contribution in [0.15, 0.2) is 83.8 Å². The summed E-state index contributed by atoms with van der Waals surface area (Å²) in [6, 6.07) is 22.4. The van der Waals surface area contributed by atoms with Gasteiger partial charge in [-0.1, -0.05) is 36.4 Å². The van der Waals surface area contributed by atoms with Crippen molar-refractivity contribution >= 4 is 33.4 Å². The van der Waals surface area contributed by atoms with Gasteiger partial charge in [0, 0.05) is 23.5 Å². The van der Waals surface area contributed by atoms with Crippen molar-refractivity contribution < 1.29 is 17.9 Å². The molecular formula is C25H27N3O4S. The number of hydrogen-bond donors (Lipinski definition) is 3. The summed E-state index contributed by atoms with van der Waals surface area (Å²) in [7, 11) is -0.970. The van der Waals surface area contributed by atoms with E-state index in [2.05, 4.69) is 34.4 Å². The highest BCUT2D eigenvalue weighted by Gasteiger charge is 2.17. The number of ether oxygens (including phenoxy) is 1. The average molecular weight is 466 g/mol. The van der Waals surface area contributed by atoms with Crippen molar-refractivity contribution in [3.8, 4) is 5.75 Å². The quantitative estimate of drug-likeness (QED) is 0.406. The van der Waals surface area contributed by atoms with Crippen LogP contribution in [0.1, 0.15) is 24.1 Å². The third-order valence-electron chi connectivity index (χ3n) is 5.01. The van der Waals surface area contributed by atoms with Crippen molar-refractivity contribution in [2.45, 2.75) is 17.9 Å². The first-order chi connectivity index (χ1) is 15.8. The molecule has 0 aliphatic heterocycles. The summed E-state index contributed by atoms with van der Waals surface area (Å²) < 4.78 is 31.8. The fraction of sp³-hybridized carbons (Fsp3) is 0.160. The summed E-state index contributed by atoms with van der Waals surface area (Å²) in [5.41, 5.74) is 3.32. The van der Waals surface area contributed by atoms with E-state index >= 15 is 0 Å². The molecule has 0 saturated heterocycles. The summed E-state index contributed by atoms with van der Waals surface area (Å²) in [4.78, 5) is 12.3. The van der Waals surface area contributed by atoms with Crippen molar-refractivity contribution in [1.29, 1.82) is 0 Å². The molecule has 1 unspecified atom stereocenters. The van der Waals surface area contributed by atoms with Crippen molar-refractivity contribution in [3.05, 3.63) is 90.0 Å². The second-order valence-electron chi connectivity index (χ2n) is 7.29. The molecule has 0 aliphatic rings. The van der Waals surface area contributed by atoms with Gasteiger partial charge in [-0.25, -0.2) is 13.1 Å². The Hall–Kier alpha value is -3.62. The summed E-state index contributed by atoms with van der Waals surface area (Å²) in [6.45, 7) is 2.09. The topological polar surface area (TPSA) is 96.5 Å². The fourth-order valence-electron chi connectivity index (χ4n) is 3.20. The van der Waals surface area contributed by atoms with Crippen molar-refractivity contribution in [2.24, 2.45) is 0 Å². The molecule has 0 heterocycles. The molecule has 1 amide bonds. The van der Waals surface area contributed by atoms with Gasteiger partial charge in [0.1, 0.15) is 10.6 Å². The van der Waals surface area contributed by atoms with Gasteiger partial charge >= 0.3 is 0 Å². The van der Waals surface area contributed by atoms with Crippen LogP contribution >= 0.6 is 0 Å². The van der Waals surface area contributed by atoms with Crippen LogP contribution in [-0.4, -0.2) is 28.5 Å². The van der Waals surface area contributed by atoms with E-state index < -0.39 is 10.0 Å². The first-order valence-corrected chi connectivity index (χ1v) is 11.8. The van der Waals surface area contributed by atoms with Crippen LogP contribution in [0.3, 0.4) is 0 Å². The number of carbonyl (C=O) groups excluding carboxylic acids is 1. The van der Waals surface area contributed by atoms with E-state index in [1.807, 2.05) is 42.5 Å². The van der Waals surface area contributed by atoms with Crippen molar-refractivity contribution in [2.75, 3.05) is 24.8 Å². The summed E-state index contributed by atoms with van der Waals surface area (Å²) >= 11 is 0. The van der Waals surface area contributed by atoms with E-state index in [0.717, 1.165) is 5.69 Å². The van der Waals surface area contributed by atoms with Crippen LogP contribution < -0.4 is 20.1 Å². The summed E-state index contributed by atoms with van der Waals surface area (Å²) in [5.74, 6) is -0.108. The molecule has 3 aromatic rings. The smallest absolute Gasteiger partial charge is 0.248 e. The number of sulfonamides is 1. The Morgan fingerprint density at radius 1 is 0.970 bits per heavy atom. The van der Waals surface area contributed by atoms with Crippen molar-refractivity contribution in [1.82, 2.24) is 4.72 Å². The zero-order chi connectivity index (χ0) is 23.8. The second-order valence-corrected chi connectivity index (χ2v) is 9.15. The molecule has 0 spiro atoms. The number of anilines is 2.